The summed E-state index contributed by atoms with van der Waals surface area (Å²) in [7, 11) is 0. The summed E-state index contributed by atoms with van der Waals surface area (Å²) >= 11 is 0. The molecule has 0 N–H and O–H groups in total. The standard InChI is InChI=1S/C8H13NO3/c1-3-7(10)12-6(2)8-9-4-5-11-8/h6H,3-5H2,1-2H3. The van der Waals surface area contributed by atoms with Gasteiger partial charge in [-0.15, -0.1) is 0 Å². The molecule has 0 aromatic carbocycles. The molecular weight excluding hydrogens is 158 g/mol. The van der Waals surface area contributed by atoms with Gasteiger partial charge in [-0.2, -0.15) is 0 Å². The van der Waals surface area contributed by atoms with Crippen LogP contribution in [-0.4, -0.2) is 31.1 Å². The van der Waals surface area contributed by atoms with Gasteiger partial charge in [0.15, 0.2) is 6.10 Å². The van der Waals surface area contributed by atoms with Crippen LogP contribution in [0.4, 0.5) is 0 Å². The quantitative estimate of drug-likeness (QED) is 0.589. The molecule has 0 radical (unpaired) electrons. The maximum absolute atomic E-state index is 10.8. The molecule has 1 unspecified atom stereocenters. The van der Waals surface area contributed by atoms with E-state index in [1.807, 2.05) is 0 Å². The first-order valence-electron chi connectivity index (χ1n) is 4.10. The highest BCUT2D eigenvalue weighted by molar-refractivity contribution is 5.84. The van der Waals surface area contributed by atoms with Crippen LogP contribution >= 0.6 is 0 Å². The number of nitrogens with zero attached hydrogens (tertiary/aromatic N) is 1. The topological polar surface area (TPSA) is 47.9 Å². The number of rotatable bonds is 3. The van der Waals surface area contributed by atoms with Gasteiger partial charge >= 0.3 is 5.97 Å². The van der Waals surface area contributed by atoms with E-state index in [-0.39, 0.29) is 12.1 Å². The van der Waals surface area contributed by atoms with E-state index in [4.69, 9.17) is 9.47 Å². The zero-order valence-corrected chi connectivity index (χ0v) is 7.37. The molecular formula is C8H13NO3. The maximum atomic E-state index is 10.8. The lowest BCUT2D eigenvalue weighted by Crippen LogP contribution is -2.24. The molecule has 0 bridgehead atoms. The summed E-state index contributed by atoms with van der Waals surface area (Å²) in [6.07, 6.45) is 0.0531. The highest BCUT2D eigenvalue weighted by Crippen LogP contribution is 2.03. The Balaban J connectivity index is 2.37. The smallest absolute Gasteiger partial charge is 0.306 e. The van der Waals surface area contributed by atoms with Crippen LogP contribution in [0.3, 0.4) is 0 Å². The van der Waals surface area contributed by atoms with Crippen LogP contribution in [0.15, 0.2) is 4.99 Å². The van der Waals surface area contributed by atoms with E-state index < -0.39 is 0 Å². The minimum atomic E-state index is -0.333. The lowest BCUT2D eigenvalue weighted by molar-refractivity contribution is -0.145. The van der Waals surface area contributed by atoms with E-state index in [0.717, 1.165) is 0 Å². The van der Waals surface area contributed by atoms with Crippen molar-refractivity contribution in [1.82, 2.24) is 0 Å². The average Bonchev–Trinajstić information content (AvgIpc) is 2.56. The third kappa shape index (κ3) is 2.22. The zero-order valence-electron chi connectivity index (χ0n) is 7.37. The van der Waals surface area contributed by atoms with Crippen LogP contribution in [-0.2, 0) is 14.3 Å². The SMILES string of the molecule is CCC(=O)OC(C)C1=NCCO1. The second-order valence-corrected chi connectivity index (χ2v) is 2.55. The van der Waals surface area contributed by atoms with Gasteiger partial charge in [-0.1, -0.05) is 6.92 Å². The second-order valence-electron chi connectivity index (χ2n) is 2.55. The summed E-state index contributed by atoms with van der Waals surface area (Å²) in [5.74, 6) is 0.317. The number of ether oxygens (including phenoxy) is 2. The molecule has 0 aromatic heterocycles. The molecule has 4 nitrogen and oxygen atoms in total. The molecule has 0 spiro atoms. The van der Waals surface area contributed by atoms with Crippen molar-refractivity contribution in [1.29, 1.82) is 0 Å². The molecule has 0 saturated carbocycles. The van der Waals surface area contributed by atoms with Gasteiger partial charge in [0.25, 0.3) is 0 Å². The van der Waals surface area contributed by atoms with Gasteiger partial charge < -0.3 is 9.47 Å². The van der Waals surface area contributed by atoms with Crippen molar-refractivity contribution in [2.45, 2.75) is 26.4 Å². The van der Waals surface area contributed by atoms with Gasteiger partial charge in [-0.3, -0.25) is 4.79 Å². The van der Waals surface area contributed by atoms with E-state index in [0.29, 0.717) is 25.5 Å². The normalized spacial score (nSPS) is 18.0. The molecule has 1 aliphatic heterocycles. The maximum Gasteiger partial charge on any atom is 0.306 e. The van der Waals surface area contributed by atoms with Crippen LogP contribution in [0.2, 0.25) is 0 Å². The van der Waals surface area contributed by atoms with Gasteiger partial charge in [0.1, 0.15) is 6.61 Å². The number of hydrogen-bond donors (Lipinski definition) is 0. The predicted octanol–water partition coefficient (Wildman–Crippen LogP) is 0.757. The van der Waals surface area contributed by atoms with Crippen LogP contribution in [0.1, 0.15) is 20.3 Å². The Labute approximate surface area is 71.6 Å². The lowest BCUT2D eigenvalue weighted by Gasteiger charge is -2.11. The van der Waals surface area contributed by atoms with E-state index in [1.54, 1.807) is 13.8 Å². The fraction of sp³-hybridized carbons (Fsp3) is 0.750. The number of aliphatic imine (C=N–C) groups is 1. The predicted molar refractivity (Wildman–Crippen MR) is 44.1 cm³/mol. The number of carbonyl (C=O) groups excluding carboxylic acids is 1. The average molecular weight is 171 g/mol. The zero-order chi connectivity index (χ0) is 8.97. The molecule has 1 rings (SSSR count). The fourth-order valence-corrected chi connectivity index (χ4v) is 0.929. The highest BCUT2D eigenvalue weighted by atomic mass is 16.6. The Kier molecular flexibility index (Phi) is 3.08. The third-order valence-corrected chi connectivity index (χ3v) is 1.55. The minimum absolute atomic E-state index is 0.222. The van der Waals surface area contributed by atoms with E-state index in [2.05, 4.69) is 4.99 Å². The molecule has 0 aliphatic carbocycles. The summed E-state index contributed by atoms with van der Waals surface area (Å²) in [6.45, 7) is 4.79. The van der Waals surface area contributed by atoms with E-state index in [9.17, 15) is 4.79 Å². The monoisotopic (exact) mass is 171 g/mol. The van der Waals surface area contributed by atoms with Crippen LogP contribution in [0.5, 0.6) is 0 Å². The van der Waals surface area contributed by atoms with Gasteiger partial charge in [0, 0.05) is 6.42 Å². The molecule has 1 aliphatic rings. The molecule has 1 atom stereocenters. The number of carbonyl (C=O) groups is 1. The Hall–Kier alpha value is -1.06. The van der Waals surface area contributed by atoms with Crippen molar-refractivity contribution in [2.75, 3.05) is 13.2 Å². The van der Waals surface area contributed by atoms with Gasteiger partial charge in [0.2, 0.25) is 5.90 Å². The first kappa shape index (κ1) is 9.03. The summed E-state index contributed by atoms with van der Waals surface area (Å²) < 4.78 is 10.1. The largest absolute Gasteiger partial charge is 0.476 e. The van der Waals surface area contributed by atoms with Crippen molar-refractivity contribution >= 4 is 11.9 Å². The molecule has 4 heteroatoms. The van der Waals surface area contributed by atoms with Gasteiger partial charge in [-0.25, -0.2) is 4.99 Å². The Morgan fingerprint density at radius 2 is 2.58 bits per heavy atom. The number of esters is 1. The number of hydrogen-bond acceptors (Lipinski definition) is 4. The molecule has 0 amide bonds. The molecule has 12 heavy (non-hydrogen) atoms. The Morgan fingerprint density at radius 1 is 1.83 bits per heavy atom. The first-order valence-corrected chi connectivity index (χ1v) is 4.10. The molecule has 0 fully saturated rings. The molecule has 1 heterocycles. The van der Waals surface area contributed by atoms with Crippen molar-refractivity contribution in [3.05, 3.63) is 0 Å². The summed E-state index contributed by atoms with van der Waals surface area (Å²) in [6, 6.07) is 0. The highest BCUT2D eigenvalue weighted by Gasteiger charge is 2.18. The van der Waals surface area contributed by atoms with Crippen LogP contribution in [0, 0.1) is 0 Å². The third-order valence-electron chi connectivity index (χ3n) is 1.55. The van der Waals surface area contributed by atoms with E-state index >= 15 is 0 Å². The fourth-order valence-electron chi connectivity index (χ4n) is 0.929. The van der Waals surface area contributed by atoms with Crippen LogP contribution < -0.4 is 0 Å². The van der Waals surface area contributed by atoms with Gasteiger partial charge in [-0.05, 0) is 6.92 Å². The van der Waals surface area contributed by atoms with Crippen LogP contribution in [0.25, 0.3) is 0 Å². The Morgan fingerprint density at radius 3 is 3.08 bits per heavy atom. The van der Waals surface area contributed by atoms with Crippen molar-refractivity contribution in [2.24, 2.45) is 4.99 Å². The van der Waals surface area contributed by atoms with Crippen molar-refractivity contribution in [3.8, 4) is 0 Å². The molecule has 68 valence electrons. The second kappa shape index (κ2) is 4.09. The van der Waals surface area contributed by atoms with Crippen molar-refractivity contribution < 1.29 is 14.3 Å². The molecule has 0 saturated heterocycles. The molecule has 0 aromatic rings. The summed E-state index contributed by atoms with van der Waals surface area (Å²) in [4.78, 5) is 14.9. The Bertz CT molecular complexity index is 200. The van der Waals surface area contributed by atoms with Crippen molar-refractivity contribution in [3.63, 3.8) is 0 Å². The van der Waals surface area contributed by atoms with E-state index in [1.165, 1.54) is 0 Å². The van der Waals surface area contributed by atoms with Gasteiger partial charge in [0.05, 0.1) is 6.54 Å². The first-order chi connectivity index (χ1) is 5.74. The summed E-state index contributed by atoms with van der Waals surface area (Å²) in [5.41, 5.74) is 0. The summed E-state index contributed by atoms with van der Waals surface area (Å²) in [5, 5.41) is 0. The lowest BCUT2D eigenvalue weighted by atomic mass is 10.4. The minimum Gasteiger partial charge on any atom is -0.476 e.